The predicted octanol–water partition coefficient (Wildman–Crippen LogP) is 4.60. The fraction of sp³-hybridized carbons (Fsp3) is 0.190. The minimum absolute atomic E-state index is 0.0470. The van der Waals surface area contributed by atoms with Crippen molar-refractivity contribution in [1.82, 2.24) is 5.32 Å². The second-order valence-electron chi connectivity index (χ2n) is 6.22. The average molecular weight is 400 g/mol. The van der Waals surface area contributed by atoms with Crippen LogP contribution in [0.4, 0.5) is 0 Å². The molecule has 140 valence electrons. The summed E-state index contributed by atoms with van der Waals surface area (Å²) in [6.07, 6.45) is 0.786. The van der Waals surface area contributed by atoms with Crippen LogP contribution in [0, 0.1) is 0 Å². The van der Waals surface area contributed by atoms with Crippen LogP contribution in [0.5, 0.6) is 0 Å². The van der Waals surface area contributed by atoms with Crippen LogP contribution >= 0.6 is 11.3 Å². The van der Waals surface area contributed by atoms with Crippen molar-refractivity contribution in [3.05, 3.63) is 88.1 Å². The maximum Gasteiger partial charge on any atom is 0.251 e. The third-order valence-electron chi connectivity index (χ3n) is 4.25. The van der Waals surface area contributed by atoms with Gasteiger partial charge in [0.15, 0.2) is 9.84 Å². The molecule has 0 bridgehead atoms. The Hall–Kier alpha value is -2.44. The van der Waals surface area contributed by atoms with Crippen LogP contribution < -0.4 is 5.32 Å². The zero-order valence-corrected chi connectivity index (χ0v) is 16.6. The molecule has 0 radical (unpaired) electrons. The summed E-state index contributed by atoms with van der Waals surface area (Å²) < 4.78 is 25.1. The second-order valence-corrected chi connectivity index (χ2v) is 9.19. The lowest BCUT2D eigenvalue weighted by molar-refractivity contribution is 0.0936. The first kappa shape index (κ1) is 19.3. The standard InChI is InChI=1S/C21H21NO3S2/c1-2-19(20-12-7-13-26-20)22-21(23)17-9-6-8-16(14-17)15-27(24,25)18-10-4-3-5-11-18/h3-14,19H,2,15H2,1H3,(H,22,23). The fourth-order valence-corrected chi connectivity index (χ4v) is 5.06. The largest absolute Gasteiger partial charge is 0.344 e. The van der Waals surface area contributed by atoms with Crippen LogP contribution in [0.2, 0.25) is 0 Å². The number of carbonyl (C=O) groups excluding carboxylic acids is 1. The zero-order valence-electron chi connectivity index (χ0n) is 15.0. The topological polar surface area (TPSA) is 63.2 Å². The van der Waals surface area contributed by atoms with Crippen molar-refractivity contribution in [2.24, 2.45) is 0 Å². The molecule has 4 nitrogen and oxygen atoms in total. The molecule has 2 aromatic carbocycles. The molecule has 3 aromatic rings. The van der Waals surface area contributed by atoms with E-state index in [0.29, 0.717) is 11.1 Å². The van der Waals surface area contributed by atoms with E-state index in [2.05, 4.69) is 5.32 Å². The van der Waals surface area contributed by atoms with Gasteiger partial charge in [0.2, 0.25) is 0 Å². The van der Waals surface area contributed by atoms with Gasteiger partial charge in [-0.2, -0.15) is 0 Å². The van der Waals surface area contributed by atoms with Crippen molar-refractivity contribution in [3.8, 4) is 0 Å². The first-order valence-electron chi connectivity index (χ1n) is 8.70. The van der Waals surface area contributed by atoms with E-state index in [1.807, 2.05) is 24.4 Å². The summed E-state index contributed by atoms with van der Waals surface area (Å²) in [4.78, 5) is 14.0. The van der Waals surface area contributed by atoms with Gasteiger partial charge < -0.3 is 5.32 Å². The molecule has 1 unspecified atom stereocenters. The van der Waals surface area contributed by atoms with Crippen LogP contribution in [0.1, 0.15) is 40.2 Å². The molecule has 1 amide bonds. The van der Waals surface area contributed by atoms with Gasteiger partial charge in [-0.3, -0.25) is 4.79 Å². The molecule has 3 rings (SSSR count). The van der Waals surface area contributed by atoms with E-state index >= 15 is 0 Å². The van der Waals surface area contributed by atoms with E-state index in [9.17, 15) is 13.2 Å². The Labute approximate surface area is 163 Å². The third kappa shape index (κ3) is 4.84. The summed E-state index contributed by atoms with van der Waals surface area (Å²) in [6, 6.07) is 19.1. The highest BCUT2D eigenvalue weighted by atomic mass is 32.2. The van der Waals surface area contributed by atoms with Gasteiger partial charge in [0, 0.05) is 10.4 Å². The lowest BCUT2D eigenvalue weighted by Crippen LogP contribution is -2.27. The van der Waals surface area contributed by atoms with Crippen LogP contribution in [0.25, 0.3) is 0 Å². The molecule has 0 aliphatic heterocycles. The Morgan fingerprint density at radius 2 is 1.81 bits per heavy atom. The molecule has 0 saturated heterocycles. The highest BCUT2D eigenvalue weighted by molar-refractivity contribution is 7.90. The summed E-state index contributed by atoms with van der Waals surface area (Å²) in [5.74, 6) is -0.338. The van der Waals surface area contributed by atoms with Gasteiger partial charge in [0.1, 0.15) is 0 Å². The lowest BCUT2D eigenvalue weighted by Gasteiger charge is -2.16. The van der Waals surface area contributed by atoms with E-state index in [0.717, 1.165) is 11.3 Å². The number of amides is 1. The number of thiophene rings is 1. The molecule has 0 spiro atoms. The van der Waals surface area contributed by atoms with Crippen molar-refractivity contribution in [2.75, 3.05) is 0 Å². The summed E-state index contributed by atoms with van der Waals surface area (Å²) in [6.45, 7) is 2.02. The van der Waals surface area contributed by atoms with Gasteiger partial charge >= 0.3 is 0 Å². The number of carbonyl (C=O) groups is 1. The van der Waals surface area contributed by atoms with E-state index in [4.69, 9.17) is 0 Å². The van der Waals surface area contributed by atoms with E-state index < -0.39 is 9.84 Å². The molecular weight excluding hydrogens is 378 g/mol. The van der Waals surface area contributed by atoms with Gasteiger partial charge in [0.25, 0.3) is 5.91 Å². The molecule has 0 aliphatic carbocycles. The van der Waals surface area contributed by atoms with Crippen molar-refractivity contribution in [3.63, 3.8) is 0 Å². The maximum atomic E-state index is 12.6. The lowest BCUT2D eigenvalue weighted by atomic mass is 10.1. The molecule has 1 heterocycles. The quantitative estimate of drug-likeness (QED) is 0.631. The van der Waals surface area contributed by atoms with Gasteiger partial charge in [-0.15, -0.1) is 11.3 Å². The number of benzene rings is 2. The van der Waals surface area contributed by atoms with Gasteiger partial charge in [-0.05, 0) is 47.7 Å². The monoisotopic (exact) mass is 399 g/mol. The normalized spacial score (nSPS) is 12.5. The Morgan fingerprint density at radius 1 is 1.04 bits per heavy atom. The van der Waals surface area contributed by atoms with Gasteiger partial charge in [0.05, 0.1) is 16.7 Å². The minimum atomic E-state index is -3.45. The number of nitrogens with one attached hydrogen (secondary N) is 1. The van der Waals surface area contributed by atoms with Crippen LogP contribution in [-0.2, 0) is 15.6 Å². The molecule has 0 saturated carbocycles. The number of sulfone groups is 1. The predicted molar refractivity (Wildman–Crippen MR) is 109 cm³/mol. The Morgan fingerprint density at radius 3 is 2.48 bits per heavy atom. The maximum absolute atomic E-state index is 12.6. The third-order valence-corrected chi connectivity index (χ3v) is 6.94. The highest BCUT2D eigenvalue weighted by Crippen LogP contribution is 2.22. The van der Waals surface area contributed by atoms with Crippen molar-refractivity contribution in [2.45, 2.75) is 30.0 Å². The van der Waals surface area contributed by atoms with E-state index in [1.54, 1.807) is 65.9 Å². The Bertz CT molecular complexity index is 997. The Kier molecular flexibility index (Phi) is 6.08. The second kappa shape index (κ2) is 8.50. The molecule has 0 fully saturated rings. The SMILES string of the molecule is CCC(NC(=O)c1cccc(CS(=O)(=O)c2ccccc2)c1)c1cccs1. The molecule has 6 heteroatoms. The number of hydrogen-bond donors (Lipinski definition) is 1. The molecule has 27 heavy (non-hydrogen) atoms. The number of hydrogen-bond acceptors (Lipinski definition) is 4. The first-order valence-corrected chi connectivity index (χ1v) is 11.2. The van der Waals surface area contributed by atoms with E-state index in [-0.39, 0.29) is 22.6 Å². The summed E-state index contributed by atoms with van der Waals surface area (Å²) in [5.41, 5.74) is 1.06. The average Bonchev–Trinajstić information content (AvgIpc) is 3.21. The first-order chi connectivity index (χ1) is 13.0. The van der Waals surface area contributed by atoms with Crippen molar-refractivity contribution < 1.29 is 13.2 Å². The zero-order chi connectivity index (χ0) is 19.3. The number of rotatable bonds is 7. The summed E-state index contributed by atoms with van der Waals surface area (Å²) in [7, 11) is -3.45. The molecular formula is C21H21NO3S2. The molecule has 1 N–H and O–H groups in total. The molecule has 1 aromatic heterocycles. The van der Waals surface area contributed by atoms with Crippen LogP contribution in [-0.4, -0.2) is 14.3 Å². The van der Waals surface area contributed by atoms with Crippen LogP contribution in [0.3, 0.4) is 0 Å². The summed E-state index contributed by atoms with van der Waals surface area (Å²) >= 11 is 1.61. The minimum Gasteiger partial charge on any atom is -0.344 e. The van der Waals surface area contributed by atoms with Crippen molar-refractivity contribution in [1.29, 1.82) is 0 Å². The fourth-order valence-electron chi connectivity index (χ4n) is 2.84. The highest BCUT2D eigenvalue weighted by Gasteiger charge is 2.18. The molecule has 1 atom stereocenters. The van der Waals surface area contributed by atoms with E-state index in [1.165, 1.54) is 0 Å². The van der Waals surface area contributed by atoms with Crippen molar-refractivity contribution >= 4 is 27.1 Å². The van der Waals surface area contributed by atoms with Gasteiger partial charge in [-0.25, -0.2) is 8.42 Å². The molecule has 0 aliphatic rings. The Balaban J connectivity index is 1.76. The van der Waals surface area contributed by atoms with Crippen LogP contribution in [0.15, 0.2) is 77.0 Å². The summed E-state index contributed by atoms with van der Waals surface area (Å²) in [5, 5.41) is 5.01. The van der Waals surface area contributed by atoms with Gasteiger partial charge in [-0.1, -0.05) is 43.3 Å². The smallest absolute Gasteiger partial charge is 0.251 e.